The van der Waals surface area contributed by atoms with E-state index < -0.39 is 11.7 Å². The minimum atomic E-state index is -4.43. The van der Waals surface area contributed by atoms with Gasteiger partial charge < -0.3 is 5.32 Å². The molecular formula is C25H29F3N2O2S. The number of alkyl halides is 3. The fourth-order valence-corrected chi connectivity index (χ4v) is 5.34. The molecule has 1 saturated heterocycles. The summed E-state index contributed by atoms with van der Waals surface area (Å²) in [6.07, 6.45) is -3.09. The van der Waals surface area contributed by atoms with Crippen LogP contribution in [0.2, 0.25) is 0 Å². The second-order valence-electron chi connectivity index (χ2n) is 9.72. The minimum absolute atomic E-state index is 0.0707. The van der Waals surface area contributed by atoms with E-state index >= 15 is 0 Å². The Balaban J connectivity index is 1.74. The molecule has 0 aliphatic carbocycles. The average Bonchev–Trinajstić information content (AvgIpc) is 3.07. The number of nitrogens with zero attached hydrogens (tertiary/aromatic N) is 1. The fourth-order valence-electron chi connectivity index (χ4n) is 4.18. The van der Waals surface area contributed by atoms with E-state index in [0.29, 0.717) is 17.8 Å². The highest BCUT2D eigenvalue weighted by atomic mass is 32.2. The number of amides is 2. The van der Waals surface area contributed by atoms with Crippen molar-refractivity contribution < 1.29 is 22.8 Å². The first-order chi connectivity index (χ1) is 15.3. The first-order valence-corrected chi connectivity index (χ1v) is 11.9. The third-order valence-corrected chi connectivity index (χ3v) is 6.50. The van der Waals surface area contributed by atoms with Gasteiger partial charge in [-0.15, -0.1) is 11.8 Å². The van der Waals surface area contributed by atoms with Crippen LogP contribution in [-0.2, 0) is 15.8 Å². The van der Waals surface area contributed by atoms with E-state index in [4.69, 9.17) is 0 Å². The molecule has 178 valence electrons. The molecule has 1 aliphatic heterocycles. The quantitative estimate of drug-likeness (QED) is 0.492. The van der Waals surface area contributed by atoms with Crippen molar-refractivity contribution in [1.29, 1.82) is 0 Å². The predicted molar refractivity (Wildman–Crippen MR) is 127 cm³/mol. The van der Waals surface area contributed by atoms with Gasteiger partial charge in [-0.2, -0.15) is 13.2 Å². The Morgan fingerprint density at radius 3 is 2.42 bits per heavy atom. The van der Waals surface area contributed by atoms with Crippen molar-refractivity contribution in [2.45, 2.75) is 52.1 Å². The smallest absolute Gasteiger partial charge is 0.326 e. The van der Waals surface area contributed by atoms with Crippen molar-refractivity contribution in [3.8, 4) is 0 Å². The van der Waals surface area contributed by atoms with E-state index in [1.807, 2.05) is 12.1 Å². The molecule has 1 fully saturated rings. The van der Waals surface area contributed by atoms with Crippen LogP contribution in [0.5, 0.6) is 0 Å². The molecule has 0 saturated carbocycles. The molecule has 8 heteroatoms. The average molecular weight is 479 g/mol. The number of thioether (sulfide) groups is 1. The molecule has 2 aromatic carbocycles. The number of carbonyl (C=O) groups excluding carboxylic acids is 2. The fraction of sp³-hybridized carbons (Fsp3) is 0.440. The van der Waals surface area contributed by atoms with E-state index in [1.165, 1.54) is 28.8 Å². The maximum Gasteiger partial charge on any atom is 0.416 e. The lowest BCUT2D eigenvalue weighted by Gasteiger charge is -2.25. The first-order valence-electron chi connectivity index (χ1n) is 10.8. The molecule has 3 rings (SSSR count). The van der Waals surface area contributed by atoms with Gasteiger partial charge in [0.15, 0.2) is 0 Å². The number of halogens is 3. The Bertz CT molecular complexity index is 1000. The van der Waals surface area contributed by atoms with Crippen molar-refractivity contribution in [2.24, 2.45) is 11.3 Å². The Morgan fingerprint density at radius 1 is 1.15 bits per heavy atom. The summed E-state index contributed by atoms with van der Waals surface area (Å²) in [6, 6.07) is 11.9. The molecule has 1 aliphatic rings. The highest BCUT2D eigenvalue weighted by molar-refractivity contribution is 8.00. The van der Waals surface area contributed by atoms with Crippen LogP contribution < -0.4 is 10.2 Å². The molecule has 0 radical (unpaired) electrons. The van der Waals surface area contributed by atoms with E-state index in [1.54, 1.807) is 12.1 Å². The molecule has 2 amide bonds. The van der Waals surface area contributed by atoms with Gasteiger partial charge in [-0.25, -0.2) is 0 Å². The molecule has 1 N–H and O–H groups in total. The lowest BCUT2D eigenvalue weighted by molar-refractivity contribution is -0.137. The summed E-state index contributed by atoms with van der Waals surface area (Å²) in [4.78, 5) is 26.6. The largest absolute Gasteiger partial charge is 0.416 e. The Kier molecular flexibility index (Phi) is 7.46. The highest BCUT2D eigenvalue weighted by Crippen LogP contribution is 2.43. The number of hydrogen-bond acceptors (Lipinski definition) is 3. The zero-order valence-electron chi connectivity index (χ0n) is 19.2. The van der Waals surface area contributed by atoms with Gasteiger partial charge in [-0.05, 0) is 59.7 Å². The van der Waals surface area contributed by atoms with E-state index in [-0.39, 0.29) is 34.3 Å². The Labute approximate surface area is 196 Å². The maximum absolute atomic E-state index is 12.9. The highest BCUT2D eigenvalue weighted by Gasteiger charge is 2.35. The molecule has 0 aromatic heterocycles. The standard InChI is InChI=1S/C25H29F3N2O2S/c1-16(14-24(2,3)4)12-21(31)29-19-7-5-6-17(13-19)23-30(22(32)15-33-23)20-10-8-18(9-11-20)25(26,27)28/h5-11,13,16,23H,12,14-15H2,1-4H3,(H,29,31)/t16-,23-/m0/s1. The second-order valence-corrected chi connectivity index (χ2v) is 10.8. The lowest BCUT2D eigenvalue weighted by atomic mass is 9.84. The monoisotopic (exact) mass is 478 g/mol. The van der Waals surface area contributed by atoms with E-state index in [2.05, 4.69) is 33.0 Å². The van der Waals surface area contributed by atoms with E-state index in [0.717, 1.165) is 24.1 Å². The second kappa shape index (κ2) is 9.79. The number of hydrogen-bond donors (Lipinski definition) is 1. The van der Waals surface area contributed by atoms with Gasteiger partial charge in [0.2, 0.25) is 11.8 Å². The van der Waals surface area contributed by atoms with Crippen LogP contribution in [0.4, 0.5) is 24.5 Å². The molecule has 33 heavy (non-hydrogen) atoms. The third kappa shape index (κ3) is 6.76. The van der Waals surface area contributed by atoms with Crippen molar-refractivity contribution in [3.05, 3.63) is 59.7 Å². The van der Waals surface area contributed by atoms with Crippen LogP contribution >= 0.6 is 11.8 Å². The number of anilines is 2. The molecule has 0 bridgehead atoms. The van der Waals surface area contributed by atoms with Crippen molar-refractivity contribution in [2.75, 3.05) is 16.0 Å². The summed E-state index contributed by atoms with van der Waals surface area (Å²) < 4.78 is 38.7. The molecule has 2 aromatic rings. The van der Waals surface area contributed by atoms with Crippen LogP contribution in [0.15, 0.2) is 48.5 Å². The topological polar surface area (TPSA) is 49.4 Å². The SMILES string of the molecule is C[C@@H](CC(=O)Nc1cccc([C@@H]2SCC(=O)N2c2ccc(C(F)(F)F)cc2)c1)CC(C)(C)C. The Morgan fingerprint density at radius 2 is 1.82 bits per heavy atom. The van der Waals surface area contributed by atoms with Crippen LogP contribution in [0.1, 0.15) is 57.0 Å². The molecule has 2 atom stereocenters. The zero-order valence-corrected chi connectivity index (χ0v) is 20.0. The molecular weight excluding hydrogens is 449 g/mol. The maximum atomic E-state index is 12.9. The van der Waals surface area contributed by atoms with Crippen LogP contribution in [0.25, 0.3) is 0 Å². The predicted octanol–water partition coefficient (Wildman–Crippen LogP) is 6.88. The van der Waals surface area contributed by atoms with Gasteiger partial charge in [-0.1, -0.05) is 39.8 Å². The normalized spacial score (nSPS) is 17.8. The minimum Gasteiger partial charge on any atom is -0.326 e. The first kappa shape index (κ1) is 25.1. The van der Waals surface area contributed by atoms with Gasteiger partial charge in [-0.3, -0.25) is 14.5 Å². The summed E-state index contributed by atoms with van der Waals surface area (Å²) >= 11 is 1.40. The van der Waals surface area contributed by atoms with Gasteiger partial charge in [0.25, 0.3) is 0 Å². The molecule has 0 spiro atoms. The summed E-state index contributed by atoms with van der Waals surface area (Å²) in [5, 5.41) is 2.55. The van der Waals surface area contributed by atoms with Crippen LogP contribution in [-0.4, -0.2) is 17.6 Å². The molecule has 1 heterocycles. The van der Waals surface area contributed by atoms with Gasteiger partial charge in [0.05, 0.1) is 11.3 Å². The van der Waals surface area contributed by atoms with Gasteiger partial charge >= 0.3 is 6.18 Å². The van der Waals surface area contributed by atoms with Gasteiger partial charge in [0.1, 0.15) is 5.37 Å². The summed E-state index contributed by atoms with van der Waals surface area (Å²) in [7, 11) is 0. The summed E-state index contributed by atoms with van der Waals surface area (Å²) in [5.74, 6) is 0.229. The lowest BCUT2D eigenvalue weighted by Crippen LogP contribution is -2.28. The zero-order chi connectivity index (χ0) is 24.4. The molecule has 4 nitrogen and oxygen atoms in total. The van der Waals surface area contributed by atoms with E-state index in [9.17, 15) is 22.8 Å². The van der Waals surface area contributed by atoms with Crippen LogP contribution in [0, 0.1) is 11.3 Å². The number of carbonyl (C=O) groups is 2. The summed E-state index contributed by atoms with van der Waals surface area (Å²) in [5.41, 5.74) is 1.23. The van der Waals surface area contributed by atoms with Crippen molar-refractivity contribution in [1.82, 2.24) is 0 Å². The van der Waals surface area contributed by atoms with Crippen molar-refractivity contribution >= 4 is 35.0 Å². The number of nitrogens with one attached hydrogen (secondary N) is 1. The van der Waals surface area contributed by atoms with Gasteiger partial charge in [0, 0.05) is 17.8 Å². The number of rotatable bonds is 6. The molecule has 0 unspecified atom stereocenters. The Hall–Kier alpha value is -2.48. The third-order valence-electron chi connectivity index (χ3n) is 5.29. The van der Waals surface area contributed by atoms with Crippen LogP contribution in [0.3, 0.4) is 0 Å². The number of benzene rings is 2. The summed E-state index contributed by atoms with van der Waals surface area (Å²) in [6.45, 7) is 8.50. The van der Waals surface area contributed by atoms with Crippen molar-refractivity contribution in [3.63, 3.8) is 0 Å².